The van der Waals surface area contributed by atoms with Crippen molar-refractivity contribution in [3.8, 4) is 0 Å². The SMILES string of the molecule is Cc1cc(=O)[nH]c([C@]2(C)CCCN2C(=O)c2ccccc2)n1. The van der Waals surface area contributed by atoms with Crippen molar-refractivity contribution in [2.45, 2.75) is 32.2 Å². The third-order valence-electron chi connectivity index (χ3n) is 4.29. The van der Waals surface area contributed by atoms with Crippen LogP contribution in [0, 0.1) is 6.92 Å². The minimum Gasteiger partial charge on any atom is -0.326 e. The standard InChI is InChI=1S/C17H19N3O2/c1-12-11-14(21)19-16(18-12)17(2)9-6-10-20(17)15(22)13-7-4-3-5-8-13/h3-5,7-8,11H,6,9-10H2,1-2H3,(H,18,19,21)/t17-/m0/s1. The van der Waals surface area contributed by atoms with E-state index in [0.29, 0.717) is 23.6 Å². The van der Waals surface area contributed by atoms with Crippen LogP contribution in [-0.4, -0.2) is 27.3 Å². The van der Waals surface area contributed by atoms with Gasteiger partial charge in [0.2, 0.25) is 0 Å². The van der Waals surface area contributed by atoms with Gasteiger partial charge in [-0.15, -0.1) is 0 Å². The Morgan fingerprint density at radius 2 is 2.05 bits per heavy atom. The van der Waals surface area contributed by atoms with Crippen molar-refractivity contribution >= 4 is 5.91 Å². The molecule has 22 heavy (non-hydrogen) atoms. The second kappa shape index (κ2) is 5.40. The number of amides is 1. The molecule has 2 aromatic rings. The molecule has 0 aliphatic carbocycles. The van der Waals surface area contributed by atoms with Crippen LogP contribution in [0.25, 0.3) is 0 Å². The maximum Gasteiger partial charge on any atom is 0.254 e. The molecule has 3 rings (SSSR count). The molecule has 0 spiro atoms. The lowest BCUT2D eigenvalue weighted by molar-refractivity contribution is 0.0603. The molecule has 1 saturated heterocycles. The molecule has 0 unspecified atom stereocenters. The number of aromatic nitrogens is 2. The highest BCUT2D eigenvalue weighted by Crippen LogP contribution is 2.37. The van der Waals surface area contributed by atoms with Crippen LogP contribution < -0.4 is 5.56 Å². The van der Waals surface area contributed by atoms with E-state index in [-0.39, 0.29) is 11.5 Å². The largest absolute Gasteiger partial charge is 0.326 e. The minimum atomic E-state index is -0.571. The average molecular weight is 297 g/mol. The number of nitrogens with one attached hydrogen (secondary N) is 1. The Hall–Kier alpha value is -2.43. The van der Waals surface area contributed by atoms with Crippen LogP contribution in [0.3, 0.4) is 0 Å². The van der Waals surface area contributed by atoms with Gasteiger partial charge in [-0.2, -0.15) is 0 Å². The fourth-order valence-corrected chi connectivity index (χ4v) is 3.11. The van der Waals surface area contributed by atoms with Gasteiger partial charge in [-0.05, 0) is 38.8 Å². The molecule has 0 bridgehead atoms. The summed E-state index contributed by atoms with van der Waals surface area (Å²) in [6.07, 6.45) is 1.69. The third kappa shape index (κ3) is 2.43. The molecule has 1 aromatic carbocycles. The van der Waals surface area contributed by atoms with E-state index in [0.717, 1.165) is 12.8 Å². The second-order valence-corrected chi connectivity index (χ2v) is 5.94. The van der Waals surface area contributed by atoms with Gasteiger partial charge >= 0.3 is 0 Å². The smallest absolute Gasteiger partial charge is 0.254 e. The molecule has 5 nitrogen and oxygen atoms in total. The Labute approximate surface area is 129 Å². The number of aryl methyl sites for hydroxylation is 1. The first-order valence-electron chi connectivity index (χ1n) is 7.46. The predicted octanol–water partition coefficient (Wildman–Crippen LogP) is 2.23. The van der Waals surface area contributed by atoms with Crippen molar-refractivity contribution in [3.63, 3.8) is 0 Å². The molecule has 0 radical (unpaired) electrons. The molecule has 1 aliphatic heterocycles. The molecule has 1 aliphatic rings. The third-order valence-corrected chi connectivity index (χ3v) is 4.29. The number of nitrogens with zero attached hydrogens (tertiary/aromatic N) is 2. The van der Waals surface area contributed by atoms with E-state index in [9.17, 15) is 9.59 Å². The van der Waals surface area contributed by atoms with E-state index in [2.05, 4.69) is 9.97 Å². The van der Waals surface area contributed by atoms with Crippen molar-refractivity contribution in [2.24, 2.45) is 0 Å². The summed E-state index contributed by atoms with van der Waals surface area (Å²) in [5.41, 5.74) is 0.574. The van der Waals surface area contributed by atoms with Gasteiger partial charge in [0.15, 0.2) is 0 Å². The molecular weight excluding hydrogens is 278 g/mol. The lowest BCUT2D eigenvalue weighted by atomic mass is 9.96. The highest BCUT2D eigenvalue weighted by atomic mass is 16.2. The van der Waals surface area contributed by atoms with E-state index in [1.807, 2.05) is 42.2 Å². The van der Waals surface area contributed by atoms with Gasteiger partial charge in [-0.1, -0.05) is 18.2 Å². The Kier molecular flexibility index (Phi) is 3.56. The number of rotatable bonds is 2. The first-order chi connectivity index (χ1) is 10.5. The van der Waals surface area contributed by atoms with Crippen molar-refractivity contribution in [3.05, 3.63) is 63.8 Å². The van der Waals surface area contributed by atoms with Gasteiger partial charge in [0.05, 0.1) is 5.54 Å². The van der Waals surface area contributed by atoms with Crippen molar-refractivity contribution in [1.29, 1.82) is 0 Å². The molecule has 114 valence electrons. The van der Waals surface area contributed by atoms with Gasteiger partial charge in [0.25, 0.3) is 11.5 Å². The molecule has 1 N–H and O–H groups in total. The summed E-state index contributed by atoms with van der Waals surface area (Å²) < 4.78 is 0. The summed E-state index contributed by atoms with van der Waals surface area (Å²) in [6.45, 7) is 4.43. The summed E-state index contributed by atoms with van der Waals surface area (Å²) in [5.74, 6) is 0.545. The number of hydrogen-bond donors (Lipinski definition) is 1. The van der Waals surface area contributed by atoms with Gasteiger partial charge in [-0.3, -0.25) is 9.59 Å². The molecule has 2 heterocycles. The first-order valence-corrected chi connectivity index (χ1v) is 7.46. The lowest BCUT2D eigenvalue weighted by Gasteiger charge is -2.34. The Morgan fingerprint density at radius 1 is 1.32 bits per heavy atom. The van der Waals surface area contributed by atoms with Gasteiger partial charge < -0.3 is 9.88 Å². The zero-order chi connectivity index (χ0) is 15.7. The quantitative estimate of drug-likeness (QED) is 0.924. The van der Waals surface area contributed by atoms with E-state index < -0.39 is 5.54 Å². The normalized spacial score (nSPS) is 21.1. The monoisotopic (exact) mass is 297 g/mol. The Balaban J connectivity index is 2.01. The fourth-order valence-electron chi connectivity index (χ4n) is 3.11. The maximum atomic E-state index is 12.8. The maximum absolute atomic E-state index is 12.8. The van der Waals surface area contributed by atoms with Gasteiger partial charge in [-0.25, -0.2) is 4.98 Å². The Morgan fingerprint density at radius 3 is 2.73 bits per heavy atom. The van der Waals surface area contributed by atoms with Crippen molar-refractivity contribution in [1.82, 2.24) is 14.9 Å². The molecule has 1 fully saturated rings. The average Bonchev–Trinajstić information content (AvgIpc) is 2.90. The van der Waals surface area contributed by atoms with Crippen LogP contribution in [0.1, 0.15) is 41.6 Å². The number of carbonyl (C=O) groups excluding carboxylic acids is 1. The van der Waals surface area contributed by atoms with E-state index in [1.54, 1.807) is 6.92 Å². The minimum absolute atomic E-state index is 0.0234. The van der Waals surface area contributed by atoms with Crippen LogP contribution >= 0.6 is 0 Å². The molecule has 1 aromatic heterocycles. The van der Waals surface area contributed by atoms with Gasteiger partial charge in [0.1, 0.15) is 5.82 Å². The lowest BCUT2D eigenvalue weighted by Crippen LogP contribution is -2.44. The van der Waals surface area contributed by atoms with Crippen LogP contribution in [-0.2, 0) is 5.54 Å². The molecule has 0 saturated carbocycles. The highest BCUT2D eigenvalue weighted by molar-refractivity contribution is 5.94. The van der Waals surface area contributed by atoms with Crippen molar-refractivity contribution in [2.75, 3.05) is 6.54 Å². The van der Waals surface area contributed by atoms with Gasteiger partial charge in [0, 0.05) is 23.9 Å². The van der Waals surface area contributed by atoms with Crippen LogP contribution in [0.15, 0.2) is 41.2 Å². The number of hydrogen-bond acceptors (Lipinski definition) is 3. The summed E-state index contributed by atoms with van der Waals surface area (Å²) in [4.78, 5) is 33.7. The number of benzene rings is 1. The van der Waals surface area contributed by atoms with Crippen LogP contribution in [0.4, 0.5) is 0 Å². The Bertz CT molecular complexity index is 754. The number of H-pyrrole nitrogens is 1. The van der Waals surface area contributed by atoms with Crippen LogP contribution in [0.2, 0.25) is 0 Å². The second-order valence-electron chi connectivity index (χ2n) is 5.94. The summed E-state index contributed by atoms with van der Waals surface area (Å²) in [6, 6.07) is 10.7. The zero-order valence-corrected chi connectivity index (χ0v) is 12.8. The summed E-state index contributed by atoms with van der Waals surface area (Å²) >= 11 is 0. The first kappa shape index (κ1) is 14.5. The topological polar surface area (TPSA) is 66.1 Å². The number of aromatic amines is 1. The highest BCUT2D eigenvalue weighted by Gasteiger charge is 2.43. The molecule has 1 amide bonds. The number of likely N-dealkylation sites (tertiary alicyclic amines) is 1. The molecule has 5 heteroatoms. The molecule has 1 atom stereocenters. The van der Waals surface area contributed by atoms with Crippen LogP contribution in [0.5, 0.6) is 0 Å². The van der Waals surface area contributed by atoms with Crippen molar-refractivity contribution < 1.29 is 4.79 Å². The van der Waals surface area contributed by atoms with E-state index >= 15 is 0 Å². The number of carbonyl (C=O) groups is 1. The van der Waals surface area contributed by atoms with E-state index in [4.69, 9.17) is 0 Å². The summed E-state index contributed by atoms with van der Waals surface area (Å²) in [5, 5.41) is 0. The zero-order valence-electron chi connectivity index (χ0n) is 12.8. The fraction of sp³-hybridized carbons (Fsp3) is 0.353. The van der Waals surface area contributed by atoms with E-state index in [1.165, 1.54) is 6.07 Å². The molecular formula is C17H19N3O2. The predicted molar refractivity (Wildman–Crippen MR) is 83.7 cm³/mol. The summed E-state index contributed by atoms with van der Waals surface area (Å²) in [7, 11) is 0.